The van der Waals surface area contributed by atoms with Crippen LogP contribution in [-0.2, 0) is 12.0 Å². The molecule has 2 nitrogen and oxygen atoms in total. The van der Waals surface area contributed by atoms with Crippen molar-refractivity contribution in [2.75, 3.05) is 13.1 Å². The van der Waals surface area contributed by atoms with Crippen molar-refractivity contribution in [2.24, 2.45) is 0 Å². The molecule has 2 bridgehead atoms. The van der Waals surface area contributed by atoms with Gasteiger partial charge in [-0.25, -0.2) is 0 Å². The first kappa shape index (κ1) is 14.4. The predicted molar refractivity (Wildman–Crippen MR) is 89.9 cm³/mol. The second-order valence-electron chi connectivity index (χ2n) is 6.33. The van der Waals surface area contributed by atoms with Crippen LogP contribution in [0.25, 0.3) is 0 Å². The molecule has 3 aliphatic rings. The molecule has 2 aromatic rings. The Morgan fingerprint density at radius 3 is 2.45 bits per heavy atom. The smallest absolute Gasteiger partial charge is 0.115 e. The Labute approximate surface area is 140 Å². The molecule has 0 unspecified atom stereocenters. The van der Waals surface area contributed by atoms with Crippen LogP contribution in [0, 0.1) is 0 Å². The quantitative estimate of drug-likeness (QED) is 0.824. The van der Waals surface area contributed by atoms with E-state index in [4.69, 9.17) is 23.2 Å². The van der Waals surface area contributed by atoms with Crippen LogP contribution < -0.4 is 0 Å². The summed E-state index contributed by atoms with van der Waals surface area (Å²) in [4.78, 5) is 2.46. The fourth-order valence-electron chi connectivity index (χ4n) is 4.02. The molecule has 0 amide bonds. The van der Waals surface area contributed by atoms with Crippen molar-refractivity contribution in [3.8, 4) is 5.75 Å². The maximum Gasteiger partial charge on any atom is 0.115 e. The van der Waals surface area contributed by atoms with Crippen molar-refractivity contribution >= 4 is 23.2 Å². The number of hydrogen-bond acceptors (Lipinski definition) is 2. The minimum absolute atomic E-state index is 0.0235. The van der Waals surface area contributed by atoms with Gasteiger partial charge in [-0.05, 0) is 66.9 Å². The Balaban J connectivity index is 1.94. The van der Waals surface area contributed by atoms with Gasteiger partial charge in [0.2, 0.25) is 0 Å². The summed E-state index contributed by atoms with van der Waals surface area (Å²) >= 11 is 12.4. The number of rotatable bonds is 1. The van der Waals surface area contributed by atoms with Crippen molar-refractivity contribution in [3.63, 3.8) is 0 Å². The highest BCUT2D eigenvalue weighted by Crippen LogP contribution is 2.47. The zero-order chi connectivity index (χ0) is 15.3. The van der Waals surface area contributed by atoms with Crippen LogP contribution in [0.1, 0.15) is 29.5 Å². The van der Waals surface area contributed by atoms with E-state index in [1.807, 2.05) is 18.2 Å². The van der Waals surface area contributed by atoms with Crippen LogP contribution in [0.3, 0.4) is 0 Å². The van der Waals surface area contributed by atoms with Gasteiger partial charge in [0, 0.05) is 12.0 Å². The number of phenols is 1. The average Bonchev–Trinajstić information content (AvgIpc) is 2.76. The van der Waals surface area contributed by atoms with Gasteiger partial charge in [-0.15, -0.1) is 0 Å². The number of benzene rings is 2. The summed E-state index contributed by atoms with van der Waals surface area (Å²) in [5.41, 5.74) is 3.75. The lowest BCUT2D eigenvalue weighted by molar-refractivity contribution is 0.190. The molecular formula is C18H17Cl2NO. The topological polar surface area (TPSA) is 23.5 Å². The van der Waals surface area contributed by atoms with E-state index >= 15 is 0 Å². The zero-order valence-corrected chi connectivity index (χ0v) is 13.7. The molecule has 2 aromatic carbocycles. The van der Waals surface area contributed by atoms with Gasteiger partial charge in [-0.3, -0.25) is 4.90 Å². The summed E-state index contributed by atoms with van der Waals surface area (Å²) in [7, 11) is 0. The molecule has 1 saturated heterocycles. The number of hydrogen-bond donors (Lipinski definition) is 1. The van der Waals surface area contributed by atoms with Gasteiger partial charge in [-0.1, -0.05) is 35.3 Å². The van der Waals surface area contributed by atoms with E-state index in [1.165, 1.54) is 16.7 Å². The lowest BCUT2D eigenvalue weighted by Gasteiger charge is -2.39. The van der Waals surface area contributed by atoms with Crippen LogP contribution in [0.5, 0.6) is 5.75 Å². The summed E-state index contributed by atoms with van der Waals surface area (Å²) < 4.78 is 0. The second-order valence-corrected chi connectivity index (χ2v) is 7.14. The van der Waals surface area contributed by atoms with E-state index in [0.29, 0.717) is 15.8 Å². The van der Waals surface area contributed by atoms with Gasteiger partial charge >= 0.3 is 0 Å². The Hall–Kier alpha value is -1.22. The van der Waals surface area contributed by atoms with Gasteiger partial charge in [-0.2, -0.15) is 0 Å². The van der Waals surface area contributed by atoms with Crippen LogP contribution in [0.15, 0.2) is 36.4 Å². The molecule has 114 valence electrons. The highest BCUT2D eigenvalue weighted by Gasteiger charge is 2.42. The number of halogens is 2. The molecule has 1 fully saturated rings. The molecule has 0 aromatic heterocycles. The third-order valence-corrected chi connectivity index (χ3v) is 5.92. The van der Waals surface area contributed by atoms with Gasteiger partial charge in [0.1, 0.15) is 5.75 Å². The van der Waals surface area contributed by atoms with Crippen molar-refractivity contribution in [3.05, 3.63) is 63.1 Å². The molecule has 0 saturated carbocycles. The minimum atomic E-state index is -0.0235. The van der Waals surface area contributed by atoms with Crippen molar-refractivity contribution in [1.82, 2.24) is 4.90 Å². The first-order chi connectivity index (χ1) is 10.6. The molecule has 1 N–H and O–H groups in total. The van der Waals surface area contributed by atoms with Gasteiger partial charge < -0.3 is 5.11 Å². The molecule has 3 aliphatic heterocycles. The summed E-state index contributed by atoms with van der Waals surface area (Å²) in [6, 6.07) is 11.8. The fourth-order valence-corrected chi connectivity index (χ4v) is 4.32. The molecule has 0 spiro atoms. The third kappa shape index (κ3) is 2.13. The summed E-state index contributed by atoms with van der Waals surface area (Å²) in [6.07, 6.45) is 2.14. The number of fused-ring (bicyclic) bond motifs is 2. The normalized spacial score (nSPS) is 26.5. The highest BCUT2D eigenvalue weighted by molar-refractivity contribution is 6.42. The second kappa shape index (κ2) is 5.16. The summed E-state index contributed by atoms with van der Waals surface area (Å²) in [5, 5.41) is 11.1. The lowest BCUT2D eigenvalue weighted by atomic mass is 9.68. The largest absolute Gasteiger partial charge is 0.508 e. The summed E-state index contributed by atoms with van der Waals surface area (Å²) in [5.74, 6) is 0.338. The maximum absolute atomic E-state index is 9.85. The van der Waals surface area contributed by atoms with Crippen LogP contribution in [0.4, 0.5) is 0 Å². The molecular weight excluding hydrogens is 317 g/mol. The van der Waals surface area contributed by atoms with E-state index in [1.54, 1.807) is 6.07 Å². The number of nitrogens with zero attached hydrogens (tertiary/aromatic N) is 1. The SMILES string of the molecule is Oc1ccc2c(c1)CN1CCC2(c2ccc(Cl)c(Cl)c2)CC1. The standard InChI is InChI=1S/C18H17Cl2NO/c19-16-4-1-13(10-17(16)20)18-5-7-21(8-6-18)11-12-9-14(22)2-3-15(12)18/h1-4,9-10,22H,5-8,11H2. The van der Waals surface area contributed by atoms with Crippen LogP contribution in [0.2, 0.25) is 10.0 Å². The van der Waals surface area contributed by atoms with Crippen molar-refractivity contribution < 1.29 is 5.11 Å². The first-order valence-electron chi connectivity index (χ1n) is 7.59. The van der Waals surface area contributed by atoms with Crippen molar-refractivity contribution in [2.45, 2.75) is 24.8 Å². The maximum atomic E-state index is 9.85. The number of aromatic hydroxyl groups is 1. The Kier molecular flexibility index (Phi) is 3.37. The first-order valence-corrected chi connectivity index (χ1v) is 8.34. The van der Waals surface area contributed by atoms with E-state index in [0.717, 1.165) is 32.5 Å². The van der Waals surface area contributed by atoms with E-state index in [9.17, 15) is 5.11 Å². The fraction of sp³-hybridized carbons (Fsp3) is 0.333. The van der Waals surface area contributed by atoms with Crippen LogP contribution in [-0.4, -0.2) is 23.1 Å². The average molecular weight is 334 g/mol. The molecule has 0 aliphatic carbocycles. The minimum Gasteiger partial charge on any atom is -0.508 e. The summed E-state index contributed by atoms with van der Waals surface area (Å²) in [6.45, 7) is 3.04. The molecule has 0 radical (unpaired) electrons. The van der Waals surface area contributed by atoms with Gasteiger partial charge in [0.15, 0.2) is 0 Å². The Bertz CT molecular complexity index is 736. The molecule has 5 rings (SSSR count). The van der Waals surface area contributed by atoms with Gasteiger partial charge in [0.25, 0.3) is 0 Å². The lowest BCUT2D eigenvalue weighted by Crippen LogP contribution is -2.39. The highest BCUT2D eigenvalue weighted by atomic mass is 35.5. The Morgan fingerprint density at radius 1 is 0.955 bits per heavy atom. The monoisotopic (exact) mass is 333 g/mol. The molecule has 0 atom stereocenters. The Morgan fingerprint density at radius 2 is 1.73 bits per heavy atom. The zero-order valence-electron chi connectivity index (χ0n) is 12.1. The van der Waals surface area contributed by atoms with E-state index < -0.39 is 0 Å². The third-order valence-electron chi connectivity index (χ3n) is 5.18. The molecule has 22 heavy (non-hydrogen) atoms. The van der Waals surface area contributed by atoms with E-state index in [-0.39, 0.29) is 5.41 Å². The molecule has 3 heterocycles. The number of phenolic OH excluding ortho intramolecular Hbond substituents is 1. The van der Waals surface area contributed by atoms with Crippen LogP contribution >= 0.6 is 23.2 Å². The molecule has 4 heteroatoms. The number of piperidine rings is 1. The van der Waals surface area contributed by atoms with E-state index in [2.05, 4.69) is 17.0 Å². The predicted octanol–water partition coefficient (Wildman–Crippen LogP) is 4.59. The van der Waals surface area contributed by atoms with Gasteiger partial charge in [0.05, 0.1) is 10.0 Å². The van der Waals surface area contributed by atoms with Crippen molar-refractivity contribution in [1.29, 1.82) is 0 Å².